The zero-order valence-corrected chi connectivity index (χ0v) is 12.4. The van der Waals surface area contributed by atoms with Crippen molar-refractivity contribution in [3.8, 4) is 5.75 Å². The lowest BCUT2D eigenvalue weighted by Gasteiger charge is -2.38. The second-order valence-electron chi connectivity index (χ2n) is 4.95. The highest BCUT2D eigenvalue weighted by atomic mass is 79.9. The Balaban J connectivity index is 1.79. The van der Waals surface area contributed by atoms with Gasteiger partial charge < -0.3 is 9.47 Å². The molecule has 2 heterocycles. The molecule has 1 atom stereocenters. The van der Waals surface area contributed by atoms with E-state index in [9.17, 15) is 4.79 Å². The van der Waals surface area contributed by atoms with Crippen LogP contribution in [0.4, 0.5) is 0 Å². The molecule has 0 N–H and O–H groups in total. The van der Waals surface area contributed by atoms with E-state index in [1.807, 2.05) is 0 Å². The fourth-order valence-electron chi connectivity index (χ4n) is 2.72. The molecule has 2 aliphatic heterocycles. The molecule has 0 aliphatic carbocycles. The van der Waals surface area contributed by atoms with Crippen LogP contribution in [0.15, 0.2) is 16.6 Å². The first-order valence-corrected chi connectivity index (χ1v) is 7.24. The summed E-state index contributed by atoms with van der Waals surface area (Å²) in [5.41, 5.74) is 2.40. The first-order chi connectivity index (χ1) is 9.19. The Labute approximate surface area is 120 Å². The van der Waals surface area contributed by atoms with Crippen LogP contribution in [-0.2, 0) is 22.5 Å². The third-order valence-corrected chi connectivity index (χ3v) is 4.26. The summed E-state index contributed by atoms with van der Waals surface area (Å²) in [7, 11) is 1.44. The van der Waals surface area contributed by atoms with E-state index in [4.69, 9.17) is 9.47 Å². The highest BCUT2D eigenvalue weighted by molar-refractivity contribution is 9.10. The molecule has 3 rings (SSSR count). The second kappa shape index (κ2) is 5.13. The zero-order valence-electron chi connectivity index (χ0n) is 10.8. The van der Waals surface area contributed by atoms with Crippen molar-refractivity contribution in [2.45, 2.75) is 25.4 Å². The number of likely N-dealkylation sites (tertiary alicyclic amines) is 1. The van der Waals surface area contributed by atoms with Gasteiger partial charge in [0.25, 0.3) is 0 Å². The van der Waals surface area contributed by atoms with Gasteiger partial charge in [-0.2, -0.15) is 0 Å². The van der Waals surface area contributed by atoms with Crippen molar-refractivity contribution in [1.82, 2.24) is 4.90 Å². The van der Waals surface area contributed by atoms with Gasteiger partial charge in [0.1, 0.15) is 11.8 Å². The molecule has 1 fully saturated rings. The van der Waals surface area contributed by atoms with E-state index < -0.39 is 0 Å². The van der Waals surface area contributed by atoms with Gasteiger partial charge in [-0.25, -0.2) is 0 Å². The van der Waals surface area contributed by atoms with Crippen LogP contribution in [-0.4, -0.2) is 37.2 Å². The van der Waals surface area contributed by atoms with E-state index in [1.54, 1.807) is 0 Å². The van der Waals surface area contributed by atoms with Crippen LogP contribution >= 0.6 is 15.9 Å². The summed E-state index contributed by atoms with van der Waals surface area (Å²) in [6, 6.07) is 4.09. The number of hydrogen-bond acceptors (Lipinski definition) is 4. The second-order valence-corrected chi connectivity index (χ2v) is 5.87. The van der Waals surface area contributed by atoms with Crippen molar-refractivity contribution in [2.75, 3.05) is 20.3 Å². The molecule has 5 heteroatoms. The highest BCUT2D eigenvalue weighted by Gasteiger charge is 2.35. The number of rotatable bonds is 3. The first-order valence-electron chi connectivity index (χ1n) is 6.45. The molecule has 0 amide bonds. The minimum atomic E-state index is -0.140. The summed E-state index contributed by atoms with van der Waals surface area (Å²) in [5.74, 6) is 0.859. The molecule has 19 heavy (non-hydrogen) atoms. The third kappa shape index (κ3) is 2.37. The molecule has 1 aromatic rings. The fraction of sp³-hybridized carbons (Fsp3) is 0.500. The Morgan fingerprint density at radius 2 is 2.42 bits per heavy atom. The molecule has 0 saturated carbocycles. The maximum Gasteiger partial charge on any atom is 0.323 e. The standard InChI is InChI=1S/C14H16BrNO3/c1-18-14(17)12-2-4-16(12)8-10-7-11(15)6-9-3-5-19-13(9)10/h6-7,12H,2-5,8H2,1H3. The number of benzene rings is 1. The monoisotopic (exact) mass is 325 g/mol. The minimum Gasteiger partial charge on any atom is -0.493 e. The highest BCUT2D eigenvalue weighted by Crippen LogP contribution is 2.35. The van der Waals surface area contributed by atoms with Crippen LogP contribution in [0.25, 0.3) is 0 Å². The average molecular weight is 326 g/mol. The van der Waals surface area contributed by atoms with Gasteiger partial charge in [0, 0.05) is 29.5 Å². The lowest BCUT2D eigenvalue weighted by atomic mass is 10.0. The molecule has 2 aliphatic rings. The number of fused-ring (bicyclic) bond motifs is 1. The van der Waals surface area contributed by atoms with E-state index >= 15 is 0 Å². The summed E-state index contributed by atoms with van der Waals surface area (Å²) in [4.78, 5) is 13.7. The van der Waals surface area contributed by atoms with Crippen molar-refractivity contribution >= 4 is 21.9 Å². The van der Waals surface area contributed by atoms with Crippen molar-refractivity contribution in [2.24, 2.45) is 0 Å². The minimum absolute atomic E-state index is 0.0963. The van der Waals surface area contributed by atoms with Gasteiger partial charge in [0.2, 0.25) is 0 Å². The normalized spacial score (nSPS) is 21.5. The molecule has 0 bridgehead atoms. The maximum atomic E-state index is 11.6. The predicted molar refractivity (Wildman–Crippen MR) is 74.2 cm³/mol. The molecule has 4 nitrogen and oxygen atoms in total. The lowest BCUT2D eigenvalue weighted by Crippen LogP contribution is -2.52. The van der Waals surface area contributed by atoms with E-state index in [0.717, 1.165) is 48.3 Å². The number of carbonyl (C=O) groups is 1. The van der Waals surface area contributed by atoms with Crippen LogP contribution in [0.1, 0.15) is 17.5 Å². The van der Waals surface area contributed by atoms with Gasteiger partial charge in [0.15, 0.2) is 0 Å². The number of halogens is 1. The van der Waals surface area contributed by atoms with Crippen molar-refractivity contribution in [3.05, 3.63) is 27.7 Å². The van der Waals surface area contributed by atoms with Crippen LogP contribution in [0.2, 0.25) is 0 Å². The van der Waals surface area contributed by atoms with Crippen LogP contribution in [0, 0.1) is 0 Å². The molecule has 1 unspecified atom stereocenters. The zero-order chi connectivity index (χ0) is 13.4. The quantitative estimate of drug-likeness (QED) is 0.798. The molecule has 1 saturated heterocycles. The smallest absolute Gasteiger partial charge is 0.323 e. The largest absolute Gasteiger partial charge is 0.493 e. The van der Waals surface area contributed by atoms with Crippen molar-refractivity contribution in [1.29, 1.82) is 0 Å². The van der Waals surface area contributed by atoms with Gasteiger partial charge in [-0.3, -0.25) is 9.69 Å². The van der Waals surface area contributed by atoms with E-state index in [2.05, 4.69) is 33.0 Å². The molecule has 0 radical (unpaired) electrons. The van der Waals surface area contributed by atoms with Crippen LogP contribution < -0.4 is 4.74 Å². The van der Waals surface area contributed by atoms with E-state index in [0.29, 0.717) is 0 Å². The van der Waals surface area contributed by atoms with Crippen LogP contribution in [0.5, 0.6) is 5.75 Å². The molecule has 1 aromatic carbocycles. The van der Waals surface area contributed by atoms with Gasteiger partial charge in [-0.1, -0.05) is 15.9 Å². The van der Waals surface area contributed by atoms with E-state index in [-0.39, 0.29) is 12.0 Å². The maximum absolute atomic E-state index is 11.6. The van der Waals surface area contributed by atoms with Crippen molar-refractivity contribution in [3.63, 3.8) is 0 Å². The van der Waals surface area contributed by atoms with Gasteiger partial charge in [0.05, 0.1) is 13.7 Å². The SMILES string of the molecule is COC(=O)C1CCN1Cc1cc(Br)cc2c1OCC2. The van der Waals surface area contributed by atoms with Gasteiger partial charge >= 0.3 is 5.97 Å². The third-order valence-electron chi connectivity index (χ3n) is 3.80. The summed E-state index contributed by atoms with van der Waals surface area (Å²) in [6.07, 6.45) is 1.84. The Kier molecular flexibility index (Phi) is 3.50. The average Bonchev–Trinajstić information content (AvgIpc) is 2.82. The molecule has 0 spiro atoms. The fourth-order valence-corrected chi connectivity index (χ4v) is 3.27. The molecular formula is C14H16BrNO3. The summed E-state index contributed by atoms with van der Waals surface area (Å²) < 4.78 is 11.6. The number of ether oxygens (including phenoxy) is 2. The Bertz CT molecular complexity index is 518. The summed E-state index contributed by atoms with van der Waals surface area (Å²) in [5, 5.41) is 0. The molecule has 0 aromatic heterocycles. The van der Waals surface area contributed by atoms with E-state index in [1.165, 1.54) is 12.7 Å². The van der Waals surface area contributed by atoms with Gasteiger partial charge in [-0.05, 0) is 24.1 Å². The number of carbonyl (C=O) groups excluding carboxylic acids is 1. The van der Waals surface area contributed by atoms with Gasteiger partial charge in [-0.15, -0.1) is 0 Å². The summed E-state index contributed by atoms with van der Waals surface area (Å²) >= 11 is 3.54. The topological polar surface area (TPSA) is 38.8 Å². The molecular weight excluding hydrogens is 310 g/mol. The Morgan fingerprint density at radius 3 is 3.11 bits per heavy atom. The predicted octanol–water partition coefficient (Wildman–Crippen LogP) is 2.13. The Hall–Kier alpha value is -1.07. The van der Waals surface area contributed by atoms with Crippen LogP contribution in [0.3, 0.4) is 0 Å². The first kappa shape index (κ1) is 12.9. The van der Waals surface area contributed by atoms with Crippen molar-refractivity contribution < 1.29 is 14.3 Å². The lowest BCUT2D eigenvalue weighted by molar-refractivity contribution is -0.152. The number of nitrogens with zero attached hydrogens (tertiary/aromatic N) is 1. The summed E-state index contributed by atoms with van der Waals surface area (Å²) in [6.45, 7) is 2.42. The molecule has 102 valence electrons. The number of esters is 1. The Morgan fingerprint density at radius 1 is 1.58 bits per heavy atom. The number of hydrogen-bond donors (Lipinski definition) is 0. The number of methoxy groups -OCH3 is 1.